The summed E-state index contributed by atoms with van der Waals surface area (Å²) in [7, 11) is 0. The van der Waals surface area contributed by atoms with E-state index in [9.17, 15) is 10.1 Å². The number of nitrogens with zero attached hydrogens (tertiary/aromatic N) is 4. The monoisotopic (exact) mass is 347 g/mol. The third-order valence-corrected chi connectivity index (χ3v) is 5.39. The van der Waals surface area contributed by atoms with E-state index in [0.29, 0.717) is 15.7 Å². The molecule has 0 unspecified atom stereocenters. The molecule has 2 heterocycles. The van der Waals surface area contributed by atoms with Crippen LogP contribution in [0, 0.1) is 32.1 Å². The SMILES string of the molecule is CCc1nnc(NC(=O)CSc2nc(C)c(C)c(C)c2C#N)s1. The van der Waals surface area contributed by atoms with Crippen molar-refractivity contribution in [3.63, 3.8) is 0 Å². The van der Waals surface area contributed by atoms with E-state index < -0.39 is 0 Å². The molecular formula is C15H17N5OS2. The number of aromatic nitrogens is 3. The Labute approximate surface area is 143 Å². The fraction of sp³-hybridized carbons (Fsp3) is 0.400. The second kappa shape index (κ2) is 7.53. The van der Waals surface area contributed by atoms with Crippen LogP contribution in [0.2, 0.25) is 0 Å². The van der Waals surface area contributed by atoms with Gasteiger partial charge in [0.25, 0.3) is 0 Å². The van der Waals surface area contributed by atoms with E-state index in [2.05, 4.69) is 26.6 Å². The van der Waals surface area contributed by atoms with Crippen molar-refractivity contribution < 1.29 is 4.79 Å². The van der Waals surface area contributed by atoms with Crippen LogP contribution >= 0.6 is 23.1 Å². The summed E-state index contributed by atoms with van der Waals surface area (Å²) in [4.78, 5) is 16.5. The van der Waals surface area contributed by atoms with Crippen LogP contribution in [0.1, 0.15) is 34.3 Å². The lowest BCUT2D eigenvalue weighted by Crippen LogP contribution is -2.14. The molecule has 0 aliphatic heterocycles. The van der Waals surface area contributed by atoms with Crippen LogP contribution in [0.15, 0.2) is 5.03 Å². The maximum absolute atomic E-state index is 12.0. The highest BCUT2D eigenvalue weighted by Crippen LogP contribution is 2.26. The number of nitriles is 1. The molecule has 0 spiro atoms. The molecule has 0 saturated carbocycles. The fourth-order valence-corrected chi connectivity index (χ4v) is 3.46. The van der Waals surface area contributed by atoms with Crippen molar-refractivity contribution >= 4 is 34.1 Å². The van der Waals surface area contributed by atoms with Gasteiger partial charge >= 0.3 is 0 Å². The largest absolute Gasteiger partial charge is 0.300 e. The zero-order valence-corrected chi connectivity index (χ0v) is 15.1. The van der Waals surface area contributed by atoms with Gasteiger partial charge in [-0.1, -0.05) is 30.0 Å². The second-order valence-electron chi connectivity index (χ2n) is 4.93. The molecule has 0 fully saturated rings. The van der Waals surface area contributed by atoms with Gasteiger partial charge in [-0.05, 0) is 38.3 Å². The molecule has 6 nitrogen and oxygen atoms in total. The maximum atomic E-state index is 12.0. The molecule has 0 bridgehead atoms. The van der Waals surface area contributed by atoms with Gasteiger partial charge in [0.2, 0.25) is 11.0 Å². The quantitative estimate of drug-likeness (QED) is 0.836. The van der Waals surface area contributed by atoms with Crippen molar-refractivity contribution in [3.8, 4) is 6.07 Å². The van der Waals surface area contributed by atoms with E-state index >= 15 is 0 Å². The number of hydrogen-bond donors (Lipinski definition) is 1. The zero-order chi connectivity index (χ0) is 17.0. The van der Waals surface area contributed by atoms with E-state index in [0.717, 1.165) is 28.2 Å². The summed E-state index contributed by atoms with van der Waals surface area (Å²) in [5, 5.41) is 21.9. The van der Waals surface area contributed by atoms with E-state index in [4.69, 9.17) is 0 Å². The predicted molar refractivity (Wildman–Crippen MR) is 91.8 cm³/mol. The number of carbonyl (C=O) groups excluding carboxylic acids is 1. The Morgan fingerprint density at radius 2 is 2.04 bits per heavy atom. The summed E-state index contributed by atoms with van der Waals surface area (Å²) < 4.78 is 0. The van der Waals surface area contributed by atoms with Gasteiger partial charge in [0.15, 0.2) is 0 Å². The van der Waals surface area contributed by atoms with Gasteiger partial charge < -0.3 is 0 Å². The average molecular weight is 347 g/mol. The molecule has 0 atom stereocenters. The number of thioether (sulfide) groups is 1. The van der Waals surface area contributed by atoms with Crippen molar-refractivity contribution in [3.05, 3.63) is 27.4 Å². The third-order valence-electron chi connectivity index (χ3n) is 3.43. The lowest BCUT2D eigenvalue weighted by atomic mass is 10.1. The Hall–Kier alpha value is -1.98. The van der Waals surface area contributed by atoms with Crippen molar-refractivity contribution in [2.75, 3.05) is 11.1 Å². The molecule has 0 aromatic carbocycles. The molecule has 23 heavy (non-hydrogen) atoms. The van der Waals surface area contributed by atoms with Gasteiger partial charge in [0.1, 0.15) is 16.1 Å². The molecule has 120 valence electrons. The Balaban J connectivity index is 2.06. The van der Waals surface area contributed by atoms with Gasteiger partial charge in [-0.15, -0.1) is 10.2 Å². The number of carbonyl (C=O) groups is 1. The van der Waals surface area contributed by atoms with Gasteiger partial charge in [-0.3, -0.25) is 10.1 Å². The molecule has 1 amide bonds. The molecule has 0 radical (unpaired) electrons. The van der Waals surface area contributed by atoms with Crippen molar-refractivity contribution in [2.45, 2.75) is 39.1 Å². The summed E-state index contributed by atoms with van der Waals surface area (Å²) in [6.45, 7) is 7.74. The van der Waals surface area contributed by atoms with E-state index in [1.54, 1.807) is 0 Å². The highest BCUT2D eigenvalue weighted by Gasteiger charge is 2.15. The standard InChI is InChI=1S/C15H17N5OS2/c1-5-13-19-20-15(23-13)18-12(21)7-22-14-11(6-16)9(3)8(2)10(4)17-14/h5,7H2,1-4H3,(H,18,20,21). The van der Waals surface area contributed by atoms with Crippen LogP contribution < -0.4 is 5.32 Å². The smallest absolute Gasteiger partial charge is 0.236 e. The van der Waals surface area contributed by atoms with Crippen LogP contribution in [0.4, 0.5) is 5.13 Å². The van der Waals surface area contributed by atoms with Crippen molar-refractivity contribution in [1.82, 2.24) is 15.2 Å². The minimum absolute atomic E-state index is 0.171. The minimum Gasteiger partial charge on any atom is -0.300 e. The highest BCUT2D eigenvalue weighted by molar-refractivity contribution is 8.00. The van der Waals surface area contributed by atoms with E-state index in [1.807, 2.05) is 27.7 Å². The lowest BCUT2D eigenvalue weighted by Gasteiger charge is -2.10. The third kappa shape index (κ3) is 4.06. The minimum atomic E-state index is -0.185. The molecule has 2 aromatic rings. The summed E-state index contributed by atoms with van der Waals surface area (Å²) >= 11 is 2.63. The Kier molecular flexibility index (Phi) is 5.69. The normalized spacial score (nSPS) is 10.4. The molecule has 0 saturated heterocycles. The number of hydrogen-bond acceptors (Lipinski definition) is 7. The Bertz CT molecular complexity index is 779. The first-order valence-electron chi connectivity index (χ1n) is 7.09. The number of aryl methyl sites for hydroxylation is 2. The van der Waals surface area contributed by atoms with E-state index in [-0.39, 0.29) is 11.7 Å². The Morgan fingerprint density at radius 3 is 2.65 bits per heavy atom. The van der Waals surface area contributed by atoms with Gasteiger partial charge in [0.05, 0.1) is 11.3 Å². The van der Waals surface area contributed by atoms with Crippen molar-refractivity contribution in [1.29, 1.82) is 5.26 Å². The van der Waals surface area contributed by atoms with Gasteiger partial charge in [0, 0.05) is 5.69 Å². The Morgan fingerprint density at radius 1 is 1.30 bits per heavy atom. The first-order valence-corrected chi connectivity index (χ1v) is 8.89. The zero-order valence-electron chi connectivity index (χ0n) is 13.4. The molecule has 0 aliphatic carbocycles. The number of rotatable bonds is 5. The van der Waals surface area contributed by atoms with Gasteiger partial charge in [-0.25, -0.2) is 4.98 Å². The van der Waals surface area contributed by atoms with E-state index in [1.165, 1.54) is 23.1 Å². The van der Waals surface area contributed by atoms with Crippen LogP contribution in [-0.2, 0) is 11.2 Å². The van der Waals surface area contributed by atoms with Crippen LogP contribution in [-0.4, -0.2) is 26.8 Å². The number of nitrogens with one attached hydrogen (secondary N) is 1. The predicted octanol–water partition coefficient (Wildman–Crippen LogP) is 3.02. The molecule has 1 N–H and O–H groups in total. The summed E-state index contributed by atoms with van der Waals surface area (Å²) in [6, 6.07) is 2.18. The van der Waals surface area contributed by atoms with Crippen molar-refractivity contribution in [2.24, 2.45) is 0 Å². The van der Waals surface area contributed by atoms with Crippen LogP contribution in [0.3, 0.4) is 0 Å². The first kappa shape index (κ1) is 17.4. The van der Waals surface area contributed by atoms with Crippen LogP contribution in [0.25, 0.3) is 0 Å². The molecular weight excluding hydrogens is 330 g/mol. The number of anilines is 1. The number of pyridine rings is 1. The second-order valence-corrected chi connectivity index (χ2v) is 6.96. The number of amides is 1. The molecule has 2 rings (SSSR count). The topological polar surface area (TPSA) is 91.6 Å². The summed E-state index contributed by atoms with van der Waals surface area (Å²) in [5.74, 6) is -0.0135. The fourth-order valence-electron chi connectivity index (χ4n) is 1.88. The lowest BCUT2D eigenvalue weighted by molar-refractivity contribution is -0.113. The van der Waals surface area contributed by atoms with Crippen LogP contribution in [0.5, 0.6) is 0 Å². The molecule has 0 aliphatic rings. The summed E-state index contributed by atoms with van der Waals surface area (Å²) in [6.07, 6.45) is 0.791. The summed E-state index contributed by atoms with van der Waals surface area (Å²) in [5.41, 5.74) is 3.34. The highest BCUT2D eigenvalue weighted by atomic mass is 32.2. The molecule has 2 aromatic heterocycles. The average Bonchev–Trinajstić information content (AvgIpc) is 2.98. The molecule has 8 heteroatoms. The van der Waals surface area contributed by atoms with Gasteiger partial charge in [-0.2, -0.15) is 5.26 Å². The first-order chi connectivity index (χ1) is 11.0. The maximum Gasteiger partial charge on any atom is 0.236 e.